The third-order valence-corrected chi connectivity index (χ3v) is 4.86. The van der Waals surface area contributed by atoms with E-state index in [2.05, 4.69) is 15.5 Å². The smallest absolute Gasteiger partial charge is 0.251 e. The molecular weight excluding hydrogens is 397 g/mol. The monoisotopic (exact) mass is 417 g/mol. The summed E-state index contributed by atoms with van der Waals surface area (Å²) in [7, 11) is 1.41. The largest absolute Gasteiger partial charge is 0.494 e. The van der Waals surface area contributed by atoms with E-state index in [1.165, 1.54) is 19.2 Å². The van der Waals surface area contributed by atoms with Gasteiger partial charge in [-0.05, 0) is 61.0 Å². The lowest BCUT2D eigenvalue weighted by molar-refractivity contribution is 0.0940. The number of hydrogen-bond donors (Lipinski definition) is 1. The Morgan fingerprint density at radius 3 is 2.23 bits per heavy atom. The second-order valence-electron chi connectivity index (χ2n) is 6.94. The van der Waals surface area contributed by atoms with Crippen LogP contribution in [-0.4, -0.2) is 23.2 Å². The molecule has 1 N–H and O–H groups in total. The molecule has 0 aliphatic rings. The summed E-state index contributed by atoms with van der Waals surface area (Å²) in [5.74, 6) is 0.214. The van der Waals surface area contributed by atoms with Crippen LogP contribution in [0, 0.1) is 5.82 Å². The van der Waals surface area contributed by atoms with Crippen LogP contribution in [-0.2, 0) is 0 Å². The van der Waals surface area contributed by atoms with Crippen LogP contribution >= 0.6 is 0 Å². The van der Waals surface area contributed by atoms with Crippen molar-refractivity contribution in [3.63, 3.8) is 0 Å². The first-order chi connectivity index (χ1) is 15.0. The summed E-state index contributed by atoms with van der Waals surface area (Å²) in [5.41, 5.74) is 2.65. The predicted molar refractivity (Wildman–Crippen MR) is 114 cm³/mol. The van der Waals surface area contributed by atoms with Gasteiger partial charge in [-0.1, -0.05) is 24.3 Å². The molecule has 0 radical (unpaired) electrons. The number of carbonyl (C=O) groups is 1. The third-order valence-electron chi connectivity index (χ3n) is 4.86. The van der Waals surface area contributed by atoms with E-state index in [0.717, 1.165) is 5.56 Å². The molecule has 7 heteroatoms. The maximum absolute atomic E-state index is 13.9. The molecule has 0 unspecified atom stereocenters. The lowest BCUT2D eigenvalue weighted by atomic mass is 10.1. The number of carbonyl (C=O) groups excluding carboxylic acids is 1. The Morgan fingerprint density at radius 1 is 0.968 bits per heavy atom. The van der Waals surface area contributed by atoms with E-state index >= 15 is 0 Å². The van der Waals surface area contributed by atoms with Gasteiger partial charge in [-0.15, -0.1) is 10.2 Å². The average Bonchev–Trinajstić information content (AvgIpc) is 3.30. The summed E-state index contributed by atoms with van der Waals surface area (Å²) >= 11 is 0. The molecule has 0 saturated carbocycles. The number of hydrogen-bond acceptors (Lipinski definition) is 5. The Hall–Kier alpha value is -4.00. The minimum absolute atomic E-state index is 0.161. The van der Waals surface area contributed by atoms with Crippen LogP contribution in [0.5, 0.6) is 5.75 Å². The van der Waals surface area contributed by atoms with Gasteiger partial charge < -0.3 is 14.5 Å². The predicted octanol–water partition coefficient (Wildman–Crippen LogP) is 5.04. The number of nitrogens with one attached hydrogen (secondary N) is 1. The fraction of sp³-hybridized carbons (Fsp3) is 0.125. The normalized spacial score (nSPS) is 11.7. The van der Waals surface area contributed by atoms with Gasteiger partial charge in [0, 0.05) is 16.7 Å². The van der Waals surface area contributed by atoms with Crippen molar-refractivity contribution in [1.29, 1.82) is 0 Å². The van der Waals surface area contributed by atoms with Crippen molar-refractivity contribution < 1.29 is 18.3 Å². The van der Waals surface area contributed by atoms with Crippen LogP contribution in [0.2, 0.25) is 0 Å². The zero-order valence-corrected chi connectivity index (χ0v) is 17.0. The van der Waals surface area contributed by atoms with Gasteiger partial charge in [0.05, 0.1) is 13.2 Å². The molecule has 0 fully saturated rings. The van der Waals surface area contributed by atoms with Crippen LogP contribution < -0.4 is 10.1 Å². The molecule has 1 atom stereocenters. The van der Waals surface area contributed by atoms with E-state index < -0.39 is 5.82 Å². The molecule has 4 rings (SSSR count). The number of nitrogens with zero attached hydrogens (tertiary/aromatic N) is 2. The zero-order chi connectivity index (χ0) is 21.8. The molecule has 3 aromatic carbocycles. The summed E-state index contributed by atoms with van der Waals surface area (Å²) in [4.78, 5) is 12.6. The molecule has 0 spiro atoms. The highest BCUT2D eigenvalue weighted by Crippen LogP contribution is 2.25. The van der Waals surface area contributed by atoms with Crippen molar-refractivity contribution in [3.8, 4) is 28.7 Å². The Kier molecular flexibility index (Phi) is 5.75. The number of benzene rings is 3. The van der Waals surface area contributed by atoms with Crippen LogP contribution in [0.4, 0.5) is 4.39 Å². The van der Waals surface area contributed by atoms with Crippen LogP contribution in [0.3, 0.4) is 0 Å². The first-order valence-electron chi connectivity index (χ1n) is 9.69. The SMILES string of the molecule is COc1ccc([C@@H](C)NC(=O)c2ccc(-c3nnc(-c4ccccc4)o3)cc2)cc1F. The molecular formula is C24H20FN3O3. The molecule has 6 nitrogen and oxygen atoms in total. The summed E-state index contributed by atoms with van der Waals surface area (Å²) in [6.45, 7) is 1.79. The Morgan fingerprint density at radius 2 is 1.61 bits per heavy atom. The van der Waals surface area contributed by atoms with Crippen molar-refractivity contribution in [2.75, 3.05) is 7.11 Å². The molecule has 1 heterocycles. The number of rotatable bonds is 6. The highest BCUT2D eigenvalue weighted by atomic mass is 19.1. The minimum Gasteiger partial charge on any atom is -0.494 e. The van der Waals surface area contributed by atoms with E-state index in [9.17, 15) is 9.18 Å². The minimum atomic E-state index is -0.472. The number of amides is 1. The summed E-state index contributed by atoms with van der Waals surface area (Å²) < 4.78 is 24.6. The fourth-order valence-corrected chi connectivity index (χ4v) is 3.12. The second-order valence-corrected chi connectivity index (χ2v) is 6.94. The number of ether oxygens (including phenoxy) is 1. The maximum atomic E-state index is 13.9. The first kappa shape index (κ1) is 20.3. The molecule has 31 heavy (non-hydrogen) atoms. The summed E-state index contributed by atoms with van der Waals surface area (Å²) in [6.07, 6.45) is 0. The first-order valence-corrected chi connectivity index (χ1v) is 9.69. The third kappa shape index (κ3) is 4.45. The Labute approximate surface area is 178 Å². The lowest BCUT2D eigenvalue weighted by Gasteiger charge is -2.15. The highest BCUT2D eigenvalue weighted by Gasteiger charge is 2.15. The van der Waals surface area contributed by atoms with Crippen molar-refractivity contribution >= 4 is 5.91 Å². The van der Waals surface area contributed by atoms with Gasteiger partial charge in [-0.25, -0.2) is 4.39 Å². The quantitative estimate of drug-likeness (QED) is 0.475. The van der Waals surface area contributed by atoms with Crippen molar-refractivity contribution in [2.24, 2.45) is 0 Å². The fourth-order valence-electron chi connectivity index (χ4n) is 3.12. The molecule has 1 amide bonds. The van der Waals surface area contributed by atoms with Crippen molar-refractivity contribution in [2.45, 2.75) is 13.0 Å². The molecule has 0 saturated heterocycles. The zero-order valence-electron chi connectivity index (χ0n) is 17.0. The number of halogens is 1. The molecule has 0 aliphatic heterocycles. The molecule has 4 aromatic rings. The van der Waals surface area contributed by atoms with E-state index in [0.29, 0.717) is 28.5 Å². The number of aromatic nitrogens is 2. The van der Waals surface area contributed by atoms with Crippen LogP contribution in [0.1, 0.15) is 28.9 Å². The number of methoxy groups -OCH3 is 1. The van der Waals surface area contributed by atoms with Gasteiger partial charge in [0.2, 0.25) is 11.8 Å². The average molecular weight is 417 g/mol. The lowest BCUT2D eigenvalue weighted by Crippen LogP contribution is -2.26. The maximum Gasteiger partial charge on any atom is 0.251 e. The van der Waals surface area contributed by atoms with Gasteiger partial charge in [-0.3, -0.25) is 4.79 Å². The van der Waals surface area contributed by atoms with E-state index in [1.54, 1.807) is 37.3 Å². The Bertz CT molecular complexity index is 1190. The summed E-state index contributed by atoms with van der Waals surface area (Å²) in [6, 6.07) is 20.6. The molecule has 0 aliphatic carbocycles. The topological polar surface area (TPSA) is 77.2 Å². The van der Waals surface area contributed by atoms with Crippen LogP contribution in [0.25, 0.3) is 22.9 Å². The summed E-state index contributed by atoms with van der Waals surface area (Å²) in [5, 5.41) is 11.0. The molecule has 1 aromatic heterocycles. The Balaban J connectivity index is 1.45. The molecule has 0 bridgehead atoms. The van der Waals surface area contributed by atoms with Gasteiger partial charge in [0.15, 0.2) is 11.6 Å². The van der Waals surface area contributed by atoms with Crippen LogP contribution in [0.15, 0.2) is 77.2 Å². The van der Waals surface area contributed by atoms with Gasteiger partial charge in [0.25, 0.3) is 5.91 Å². The van der Waals surface area contributed by atoms with Crippen molar-refractivity contribution in [3.05, 3.63) is 89.7 Å². The van der Waals surface area contributed by atoms with E-state index in [-0.39, 0.29) is 17.7 Å². The van der Waals surface area contributed by atoms with Gasteiger partial charge >= 0.3 is 0 Å². The second kappa shape index (κ2) is 8.79. The van der Waals surface area contributed by atoms with Gasteiger partial charge in [0.1, 0.15) is 0 Å². The van der Waals surface area contributed by atoms with E-state index in [1.807, 2.05) is 30.3 Å². The van der Waals surface area contributed by atoms with E-state index in [4.69, 9.17) is 9.15 Å². The standard InChI is InChI=1S/C24H20FN3O3/c1-15(19-12-13-21(30-2)20(25)14-19)26-22(29)16-8-10-18(11-9-16)24-28-27-23(31-24)17-6-4-3-5-7-17/h3-15H,1-2H3,(H,26,29)/t15-/m1/s1. The van der Waals surface area contributed by atoms with Crippen molar-refractivity contribution in [1.82, 2.24) is 15.5 Å². The molecule has 156 valence electrons. The highest BCUT2D eigenvalue weighted by molar-refractivity contribution is 5.94. The van der Waals surface area contributed by atoms with Gasteiger partial charge in [-0.2, -0.15) is 0 Å².